The van der Waals surface area contributed by atoms with Crippen molar-refractivity contribution in [3.05, 3.63) is 57.7 Å². The van der Waals surface area contributed by atoms with E-state index in [1.807, 2.05) is 42.5 Å². The van der Waals surface area contributed by atoms with Gasteiger partial charge in [-0.3, -0.25) is 4.79 Å². The van der Waals surface area contributed by atoms with E-state index in [9.17, 15) is 4.79 Å². The van der Waals surface area contributed by atoms with Gasteiger partial charge < -0.3 is 14.8 Å². The summed E-state index contributed by atoms with van der Waals surface area (Å²) < 4.78 is 11.5. The van der Waals surface area contributed by atoms with Gasteiger partial charge in [-0.2, -0.15) is 0 Å². The van der Waals surface area contributed by atoms with Crippen molar-refractivity contribution in [1.82, 2.24) is 0 Å². The number of halogens is 1. The molecule has 0 unspecified atom stereocenters. The van der Waals surface area contributed by atoms with Crippen LogP contribution in [0.4, 0.5) is 5.69 Å². The van der Waals surface area contributed by atoms with Crippen LogP contribution in [-0.2, 0) is 4.79 Å². The minimum absolute atomic E-state index is 0.170. The van der Waals surface area contributed by atoms with Gasteiger partial charge in [0.15, 0.2) is 11.5 Å². The van der Waals surface area contributed by atoms with E-state index >= 15 is 0 Å². The molecular weight excluding hydrogens is 381 g/mol. The summed E-state index contributed by atoms with van der Waals surface area (Å²) in [4.78, 5) is 11.9. The van der Waals surface area contributed by atoms with Gasteiger partial charge in [-0.1, -0.05) is 18.2 Å². The first-order valence-electron chi connectivity index (χ1n) is 6.35. The minimum atomic E-state index is -0.170. The molecule has 21 heavy (non-hydrogen) atoms. The average molecular weight is 393 g/mol. The lowest BCUT2D eigenvalue weighted by molar-refractivity contribution is -0.111. The van der Waals surface area contributed by atoms with Gasteiger partial charge in [0.05, 0.1) is 5.69 Å². The fourth-order valence-electron chi connectivity index (χ4n) is 1.93. The molecule has 1 heterocycles. The molecule has 2 aromatic rings. The summed E-state index contributed by atoms with van der Waals surface area (Å²) in [6.07, 6.45) is 3.24. The zero-order chi connectivity index (χ0) is 14.7. The van der Waals surface area contributed by atoms with Crippen LogP contribution in [0, 0.1) is 3.57 Å². The van der Waals surface area contributed by atoms with E-state index in [4.69, 9.17) is 9.47 Å². The SMILES string of the molecule is O=C(/C=C/c1ccc2c(c1)OCO2)Nc1ccccc1I. The van der Waals surface area contributed by atoms with Gasteiger partial charge in [0.2, 0.25) is 12.7 Å². The van der Waals surface area contributed by atoms with Gasteiger partial charge in [0, 0.05) is 9.65 Å². The number of para-hydroxylation sites is 1. The number of ether oxygens (including phenoxy) is 2. The second-order valence-corrected chi connectivity index (χ2v) is 5.58. The molecule has 1 aliphatic heterocycles. The summed E-state index contributed by atoms with van der Waals surface area (Å²) in [5.74, 6) is 1.27. The van der Waals surface area contributed by atoms with E-state index in [1.165, 1.54) is 6.08 Å². The fraction of sp³-hybridized carbons (Fsp3) is 0.0625. The number of anilines is 1. The van der Waals surface area contributed by atoms with E-state index < -0.39 is 0 Å². The average Bonchev–Trinajstić information content (AvgIpc) is 2.95. The lowest BCUT2D eigenvalue weighted by atomic mass is 10.2. The Hall–Kier alpha value is -2.02. The molecule has 4 nitrogen and oxygen atoms in total. The topological polar surface area (TPSA) is 47.6 Å². The predicted octanol–water partition coefficient (Wildman–Crippen LogP) is 3.67. The maximum absolute atomic E-state index is 11.9. The lowest BCUT2D eigenvalue weighted by Gasteiger charge is -2.04. The summed E-state index contributed by atoms with van der Waals surface area (Å²) in [5, 5.41) is 2.84. The zero-order valence-electron chi connectivity index (χ0n) is 11.0. The number of carbonyl (C=O) groups excluding carboxylic acids is 1. The fourth-order valence-corrected chi connectivity index (χ4v) is 2.45. The van der Waals surface area contributed by atoms with Crippen molar-refractivity contribution in [2.45, 2.75) is 0 Å². The largest absolute Gasteiger partial charge is 0.454 e. The minimum Gasteiger partial charge on any atom is -0.454 e. The van der Waals surface area contributed by atoms with E-state index in [2.05, 4.69) is 27.9 Å². The highest BCUT2D eigenvalue weighted by molar-refractivity contribution is 14.1. The molecule has 0 radical (unpaired) electrons. The molecule has 0 bridgehead atoms. The first-order valence-corrected chi connectivity index (χ1v) is 7.43. The Morgan fingerprint density at radius 1 is 1.14 bits per heavy atom. The Labute approximate surface area is 135 Å². The number of nitrogens with one attached hydrogen (secondary N) is 1. The van der Waals surface area contributed by atoms with E-state index in [-0.39, 0.29) is 12.7 Å². The molecule has 0 aliphatic carbocycles. The van der Waals surface area contributed by atoms with Crippen LogP contribution in [0.25, 0.3) is 6.08 Å². The van der Waals surface area contributed by atoms with Crippen LogP contribution < -0.4 is 14.8 Å². The van der Waals surface area contributed by atoms with Gasteiger partial charge >= 0.3 is 0 Å². The van der Waals surface area contributed by atoms with Gasteiger partial charge in [-0.15, -0.1) is 0 Å². The Bertz CT molecular complexity index is 712. The van der Waals surface area contributed by atoms with Gasteiger partial charge in [0.1, 0.15) is 0 Å². The molecule has 0 saturated heterocycles. The third-order valence-electron chi connectivity index (χ3n) is 2.96. The van der Waals surface area contributed by atoms with Crippen molar-refractivity contribution in [3.8, 4) is 11.5 Å². The number of amides is 1. The summed E-state index contributed by atoms with van der Waals surface area (Å²) in [6.45, 7) is 0.245. The predicted molar refractivity (Wildman–Crippen MR) is 89.4 cm³/mol. The van der Waals surface area contributed by atoms with Crippen molar-refractivity contribution in [2.75, 3.05) is 12.1 Å². The Balaban J connectivity index is 1.68. The molecule has 3 rings (SSSR count). The number of benzene rings is 2. The normalized spacial score (nSPS) is 12.6. The van der Waals surface area contributed by atoms with Crippen molar-refractivity contribution in [3.63, 3.8) is 0 Å². The lowest BCUT2D eigenvalue weighted by Crippen LogP contribution is -2.08. The molecule has 0 saturated carbocycles. The highest BCUT2D eigenvalue weighted by atomic mass is 127. The number of fused-ring (bicyclic) bond motifs is 1. The second kappa shape index (κ2) is 6.17. The maximum atomic E-state index is 11.9. The van der Waals surface area contributed by atoms with E-state index in [0.717, 1.165) is 20.6 Å². The number of hydrogen-bond acceptors (Lipinski definition) is 3. The molecule has 106 valence electrons. The Kier molecular flexibility index (Phi) is 4.10. The van der Waals surface area contributed by atoms with Crippen LogP contribution in [0.1, 0.15) is 5.56 Å². The first kappa shape index (κ1) is 13.9. The standard InChI is InChI=1S/C16H12INO3/c17-12-3-1-2-4-13(12)18-16(19)8-6-11-5-7-14-15(9-11)21-10-20-14/h1-9H,10H2,(H,18,19)/b8-6+. The molecule has 1 amide bonds. The maximum Gasteiger partial charge on any atom is 0.248 e. The monoisotopic (exact) mass is 393 g/mol. The smallest absolute Gasteiger partial charge is 0.248 e. The summed E-state index contributed by atoms with van der Waals surface area (Å²) in [6, 6.07) is 13.2. The molecule has 0 fully saturated rings. The number of carbonyl (C=O) groups is 1. The molecule has 0 aromatic heterocycles. The van der Waals surface area contributed by atoms with Gasteiger partial charge in [-0.05, 0) is 58.5 Å². The van der Waals surface area contributed by atoms with Crippen molar-refractivity contribution in [2.24, 2.45) is 0 Å². The van der Waals surface area contributed by atoms with Crippen LogP contribution in [0.3, 0.4) is 0 Å². The second-order valence-electron chi connectivity index (χ2n) is 4.42. The van der Waals surface area contributed by atoms with Crippen molar-refractivity contribution in [1.29, 1.82) is 0 Å². The van der Waals surface area contributed by atoms with Crippen LogP contribution in [0.15, 0.2) is 48.5 Å². The van der Waals surface area contributed by atoms with Crippen molar-refractivity contribution < 1.29 is 14.3 Å². The number of hydrogen-bond donors (Lipinski definition) is 1. The van der Waals surface area contributed by atoms with Crippen LogP contribution in [-0.4, -0.2) is 12.7 Å². The zero-order valence-corrected chi connectivity index (χ0v) is 13.2. The number of rotatable bonds is 3. The molecule has 2 aromatic carbocycles. The highest BCUT2D eigenvalue weighted by Gasteiger charge is 2.12. The highest BCUT2D eigenvalue weighted by Crippen LogP contribution is 2.32. The van der Waals surface area contributed by atoms with Gasteiger partial charge in [-0.25, -0.2) is 0 Å². The molecule has 0 spiro atoms. The Morgan fingerprint density at radius 3 is 2.81 bits per heavy atom. The third-order valence-corrected chi connectivity index (χ3v) is 3.90. The summed E-state index contributed by atoms with van der Waals surface area (Å²) >= 11 is 2.18. The Morgan fingerprint density at radius 2 is 1.95 bits per heavy atom. The quantitative estimate of drug-likeness (QED) is 0.640. The first-order chi connectivity index (χ1) is 10.2. The van der Waals surface area contributed by atoms with Gasteiger partial charge in [0.25, 0.3) is 0 Å². The van der Waals surface area contributed by atoms with Crippen LogP contribution in [0.5, 0.6) is 11.5 Å². The molecule has 0 atom stereocenters. The summed E-state index contributed by atoms with van der Waals surface area (Å²) in [7, 11) is 0. The summed E-state index contributed by atoms with van der Waals surface area (Å²) in [5.41, 5.74) is 1.69. The molecule has 1 N–H and O–H groups in total. The van der Waals surface area contributed by atoms with Crippen molar-refractivity contribution >= 4 is 40.3 Å². The molecule has 1 aliphatic rings. The van der Waals surface area contributed by atoms with Crippen LogP contribution in [0.2, 0.25) is 0 Å². The van der Waals surface area contributed by atoms with Crippen LogP contribution >= 0.6 is 22.6 Å². The van der Waals surface area contributed by atoms with E-state index in [0.29, 0.717) is 5.75 Å². The molecular formula is C16H12INO3. The molecule has 5 heteroatoms. The third kappa shape index (κ3) is 3.36. The van der Waals surface area contributed by atoms with E-state index in [1.54, 1.807) is 6.08 Å².